The average Bonchev–Trinajstić information content (AvgIpc) is 0.811. The number of cyclic esters (lactones) is 1. The molecule has 0 bridgehead atoms. The Morgan fingerprint density at radius 1 is 0.613 bits per heavy atom. The highest BCUT2D eigenvalue weighted by Gasteiger charge is 2.45. The number of carboxylic acid groups (broad SMARTS) is 2. The molecule has 0 aromatic heterocycles. The normalized spacial score (nSPS) is 22.2. The number of hydrogen-bond acceptors (Lipinski definition) is 21. The number of carboxylic acids is 2. The summed E-state index contributed by atoms with van der Waals surface area (Å²) in [4.78, 5) is 193. The Bertz CT molecular complexity index is 3700. The summed E-state index contributed by atoms with van der Waals surface area (Å²) in [6.07, 6.45) is -18.5. The van der Waals surface area contributed by atoms with Crippen LogP contribution < -0.4 is 76.1 Å². The van der Waals surface area contributed by atoms with Crippen LogP contribution >= 0.6 is 0 Å². The number of carbonyl (C=O) groups is 14. The average molecular weight is 1590 g/mol. The first-order valence-corrected chi connectivity index (χ1v) is 34.6. The first-order valence-electron chi connectivity index (χ1n) is 34.6. The number of aliphatic hydroxyl groups is 4. The molecule has 3 aromatic carbocycles. The van der Waals surface area contributed by atoms with E-state index in [1.807, 2.05) is 47.0 Å². The molecule has 36 nitrogen and oxygen atoms in total. The number of fused-ring (bicyclic) bond motifs is 1. The zero-order chi connectivity index (χ0) is 84.7. The van der Waals surface area contributed by atoms with Gasteiger partial charge in [-0.05, 0) is 84.6 Å². The fourth-order valence-electron chi connectivity index (χ4n) is 10.3. The molecule has 618 valence electrons. The van der Waals surface area contributed by atoms with Gasteiger partial charge in [0.2, 0.25) is 65.0 Å². The van der Waals surface area contributed by atoms with Crippen molar-refractivity contribution in [2.75, 3.05) is 19.7 Å². The number of aliphatic imine (C=N–C) groups is 1. The third-order valence-electron chi connectivity index (χ3n) is 16.5. The lowest BCUT2D eigenvalue weighted by Crippen LogP contribution is -2.64. The van der Waals surface area contributed by atoms with Crippen LogP contribution in [0.1, 0.15) is 112 Å². The van der Waals surface area contributed by atoms with Gasteiger partial charge >= 0.3 is 30.3 Å². The van der Waals surface area contributed by atoms with E-state index >= 15 is 9.59 Å². The molecule has 42 heteroatoms. The van der Waals surface area contributed by atoms with E-state index in [9.17, 15) is 94.7 Å². The van der Waals surface area contributed by atoms with Gasteiger partial charge < -0.3 is 111 Å². The van der Waals surface area contributed by atoms with Gasteiger partial charge in [0, 0.05) is 6.54 Å². The van der Waals surface area contributed by atoms with Gasteiger partial charge in [-0.2, -0.15) is 26.3 Å². The Morgan fingerprint density at radius 3 is 1.64 bits per heavy atom. The summed E-state index contributed by atoms with van der Waals surface area (Å²) >= 11 is 0. The molecule has 3 aromatic rings. The second-order valence-corrected chi connectivity index (χ2v) is 26.9. The van der Waals surface area contributed by atoms with Crippen molar-refractivity contribution in [3.63, 3.8) is 0 Å². The molecule has 4 rings (SSSR count). The lowest BCUT2D eigenvalue weighted by molar-refractivity contribution is -0.193. The number of aliphatic hydroxyl groups excluding tert-OH is 4. The number of nitrogens with one attached hydrogen (secondary N) is 10. The SMILES string of the molecule is CC[C@H](C)C1NC(=O)[C@@H](CCCN=C(N)N)NC(=O)[C@H](CC(C)C)NC(=O)[C@H]([C@H](O)C(C)C)NC(=O)[C@@H](NC(=O)[C@H](CC(C)C)NC(=O)[C@H](N)Cc2ccc3ccccc3c2)[C@@H](c2ccccc2)OC(=O)[C@H](CO)NC(=O)[C@H]([C@H](O)C(N)=O)NC(=O)CNC(=O)C([C@H](C)O)NC1=O.O=C(O)C(F)(F)F.O=C(O)C(F)(F)F. The minimum absolute atomic E-state index is 0.0150. The van der Waals surface area contributed by atoms with Crippen LogP contribution in [0.15, 0.2) is 77.8 Å². The zero-order valence-corrected chi connectivity index (χ0v) is 62.0. The molecule has 1 heterocycles. The number of rotatable bonds is 23. The smallest absolute Gasteiger partial charge is 0.475 e. The van der Waals surface area contributed by atoms with E-state index in [0.29, 0.717) is 5.56 Å². The summed E-state index contributed by atoms with van der Waals surface area (Å²) in [5.74, 6) is -22.9. The molecule has 15 atom stereocenters. The Kier molecular flexibility index (Phi) is 39.3. The van der Waals surface area contributed by atoms with Crippen molar-refractivity contribution in [2.24, 2.45) is 51.6 Å². The predicted octanol–water partition coefficient (Wildman–Crippen LogP) is -2.82. The van der Waals surface area contributed by atoms with Crippen LogP contribution in [0.5, 0.6) is 0 Å². The fraction of sp³-hybridized carbons (Fsp3) is 0.551. The molecule has 1 saturated heterocycles. The number of nitrogens with zero attached hydrogens (tertiary/aromatic N) is 1. The lowest BCUT2D eigenvalue weighted by atomic mass is 9.95. The van der Waals surface area contributed by atoms with Gasteiger partial charge in [0.25, 0.3) is 0 Å². The number of amides is 11. The molecule has 0 radical (unpaired) electrons. The summed E-state index contributed by atoms with van der Waals surface area (Å²) in [7, 11) is 0. The second-order valence-electron chi connectivity index (χ2n) is 26.9. The zero-order valence-electron chi connectivity index (χ0n) is 62.0. The van der Waals surface area contributed by atoms with Crippen molar-refractivity contribution in [1.29, 1.82) is 0 Å². The number of halogens is 6. The van der Waals surface area contributed by atoms with E-state index in [1.165, 1.54) is 44.2 Å². The van der Waals surface area contributed by atoms with E-state index in [0.717, 1.165) is 17.7 Å². The molecule has 1 aliphatic rings. The summed E-state index contributed by atoms with van der Waals surface area (Å²) in [5, 5.41) is 84.5. The number of esters is 1. The topological polar surface area (TPSA) is 606 Å². The fourth-order valence-corrected chi connectivity index (χ4v) is 10.3. The molecule has 0 aliphatic carbocycles. The number of guanidine groups is 1. The van der Waals surface area contributed by atoms with E-state index in [1.54, 1.807) is 47.6 Å². The number of nitrogens with two attached hydrogens (primary N) is 4. The van der Waals surface area contributed by atoms with Crippen LogP contribution in [0.2, 0.25) is 0 Å². The third-order valence-corrected chi connectivity index (χ3v) is 16.5. The Balaban J connectivity index is 0.00000271. The van der Waals surface area contributed by atoms with Crippen LogP contribution in [-0.4, -0.2) is 230 Å². The number of carbonyl (C=O) groups excluding carboxylic acids is 12. The second kappa shape index (κ2) is 45.3. The quantitative estimate of drug-likeness (QED) is 0.0150. The number of aliphatic carboxylic acids is 2. The molecule has 0 spiro atoms. The molecule has 111 heavy (non-hydrogen) atoms. The van der Waals surface area contributed by atoms with Crippen LogP contribution in [0, 0.1) is 23.7 Å². The Labute approximate surface area is 632 Å². The summed E-state index contributed by atoms with van der Waals surface area (Å²) in [6, 6.07) is 1.98. The van der Waals surface area contributed by atoms with Crippen molar-refractivity contribution in [1.82, 2.24) is 53.2 Å². The molecule has 0 saturated carbocycles. The predicted molar refractivity (Wildman–Crippen MR) is 382 cm³/mol. The number of ether oxygens (including phenoxy) is 1. The van der Waals surface area contributed by atoms with E-state index in [-0.39, 0.29) is 62.5 Å². The molecule has 24 N–H and O–H groups in total. The summed E-state index contributed by atoms with van der Waals surface area (Å²) in [5.41, 5.74) is 23.6. The van der Waals surface area contributed by atoms with Crippen molar-refractivity contribution >= 4 is 99.6 Å². The molecule has 1 fully saturated rings. The molecular weight excluding hydrogens is 1490 g/mol. The number of primary amides is 1. The minimum atomic E-state index is -5.08. The van der Waals surface area contributed by atoms with Gasteiger partial charge in [-0.25, -0.2) is 14.4 Å². The van der Waals surface area contributed by atoms with Gasteiger partial charge in [-0.3, -0.25) is 57.7 Å². The minimum Gasteiger partial charge on any atom is -0.475 e. The van der Waals surface area contributed by atoms with E-state index in [2.05, 4.69) is 47.5 Å². The molecule has 1 aliphatic heterocycles. The largest absolute Gasteiger partial charge is 0.490 e. The first-order chi connectivity index (χ1) is 51.6. The Hall–Kier alpha value is -10.8. The number of alkyl halides is 6. The van der Waals surface area contributed by atoms with Crippen molar-refractivity contribution < 1.29 is 129 Å². The number of hydrogen-bond donors (Lipinski definition) is 20. The summed E-state index contributed by atoms with van der Waals surface area (Å²) in [6.45, 7) is 11.7. The highest BCUT2D eigenvalue weighted by atomic mass is 19.4. The van der Waals surface area contributed by atoms with Crippen LogP contribution in [0.3, 0.4) is 0 Å². The molecule has 11 amide bonds. The van der Waals surface area contributed by atoms with Gasteiger partial charge in [0.05, 0.1) is 31.4 Å². The Morgan fingerprint density at radius 2 is 1.13 bits per heavy atom. The first kappa shape index (κ1) is 96.2. The van der Waals surface area contributed by atoms with Crippen molar-refractivity contribution in [3.8, 4) is 0 Å². The maximum atomic E-state index is 15.5. The van der Waals surface area contributed by atoms with Crippen LogP contribution in [0.4, 0.5) is 26.3 Å². The third kappa shape index (κ3) is 32.7. The lowest BCUT2D eigenvalue weighted by Gasteiger charge is -2.33. The van der Waals surface area contributed by atoms with Crippen molar-refractivity contribution in [3.05, 3.63) is 83.9 Å². The highest BCUT2D eigenvalue weighted by molar-refractivity contribution is 6.00. The van der Waals surface area contributed by atoms with Crippen LogP contribution in [0.25, 0.3) is 10.8 Å². The number of benzene rings is 3. The standard InChI is InChI=1S/C65H97N15O17.2C2HF3O2/c1-10-34(8)46-60(92)78-47(35(9)82)59(91)71-29-45(83)76-49(52(85)54(67)86)62(94)75-44(30-81)64(96)97-53(38-18-12-11-13-19-38)50(80-58(90)43(26-32(4)5)73-55(87)40(66)28-36-22-23-37-17-14-15-20-39(37)27-36)63(95)79-48(51(84)33(6)7)61(93)74-42(25-31(2)3)57(89)72-41(56(88)77-46)21-16-24-70-65(68)69;2*3-2(4,5)1(6)7/h11-15,17-20,22-23,27,31-35,40-44,46-53,81-82,84-85H,10,16,21,24-26,28-30,66H2,1-9H3,(H2,67,86)(H,71,91)(H,72,89)(H,73,87)(H,74,93)(H,75,94)(H,76,83)(H,77,88)(H,78,92)(H,79,95)(H,80,90)(H4,68,69,70);2*(H,6,7)/t34-,35-,40+,41+,42-,43-,44-,46?,47?,48-,49-,50-,51+,52-,53+;;/m0../s1. The maximum Gasteiger partial charge on any atom is 0.490 e. The van der Waals surface area contributed by atoms with Gasteiger partial charge in [-0.15, -0.1) is 0 Å². The van der Waals surface area contributed by atoms with Gasteiger partial charge in [0.15, 0.2) is 24.2 Å². The summed E-state index contributed by atoms with van der Waals surface area (Å²) < 4.78 is 69.4. The van der Waals surface area contributed by atoms with Gasteiger partial charge in [0.1, 0.15) is 48.3 Å². The van der Waals surface area contributed by atoms with E-state index in [4.69, 9.17) is 47.5 Å². The molecule has 2 unspecified atom stereocenters. The maximum absolute atomic E-state index is 15.5. The van der Waals surface area contributed by atoms with Crippen molar-refractivity contribution in [2.45, 2.75) is 198 Å². The highest BCUT2D eigenvalue weighted by Crippen LogP contribution is 2.26. The van der Waals surface area contributed by atoms with Crippen LogP contribution in [-0.2, 0) is 78.3 Å². The monoisotopic (exact) mass is 1590 g/mol. The molecular formula is C69H99F6N15O21. The van der Waals surface area contributed by atoms with Gasteiger partial charge in [-0.1, -0.05) is 135 Å². The van der Waals surface area contributed by atoms with E-state index < -0.39 is 211 Å².